The lowest BCUT2D eigenvalue weighted by atomic mass is 10.1. The van der Waals surface area contributed by atoms with Gasteiger partial charge < -0.3 is 15.0 Å². The maximum absolute atomic E-state index is 6.43. The molecule has 1 aliphatic heterocycles. The maximum Gasteiger partial charge on any atom is 0.138 e. The molecular formula is C17H21ClN2O. The summed E-state index contributed by atoms with van der Waals surface area (Å²) >= 11 is 6.43. The Kier molecular flexibility index (Phi) is 4.96. The molecule has 1 fully saturated rings. The van der Waals surface area contributed by atoms with E-state index in [4.69, 9.17) is 16.3 Å². The lowest BCUT2D eigenvalue weighted by Crippen LogP contribution is -2.43. The van der Waals surface area contributed by atoms with Crippen LogP contribution in [0.2, 0.25) is 5.02 Å². The number of halogens is 1. The summed E-state index contributed by atoms with van der Waals surface area (Å²) in [6.45, 7) is 6.26. The average molecular weight is 305 g/mol. The zero-order valence-corrected chi connectivity index (χ0v) is 12.9. The van der Waals surface area contributed by atoms with Crippen molar-refractivity contribution in [3.8, 4) is 5.75 Å². The van der Waals surface area contributed by atoms with E-state index >= 15 is 0 Å². The zero-order chi connectivity index (χ0) is 14.5. The summed E-state index contributed by atoms with van der Waals surface area (Å²) in [5.74, 6) is 0.788. The summed E-state index contributed by atoms with van der Waals surface area (Å²) in [5.41, 5.74) is 0. The molecule has 0 atom stereocenters. The van der Waals surface area contributed by atoms with Gasteiger partial charge in [-0.15, -0.1) is 0 Å². The van der Waals surface area contributed by atoms with E-state index in [0.29, 0.717) is 6.61 Å². The van der Waals surface area contributed by atoms with E-state index in [1.807, 2.05) is 24.3 Å². The van der Waals surface area contributed by atoms with Gasteiger partial charge in [-0.25, -0.2) is 0 Å². The Bertz CT molecular complexity index is 596. The van der Waals surface area contributed by atoms with Crippen molar-refractivity contribution in [3.63, 3.8) is 0 Å². The van der Waals surface area contributed by atoms with Gasteiger partial charge >= 0.3 is 0 Å². The molecule has 0 bridgehead atoms. The summed E-state index contributed by atoms with van der Waals surface area (Å²) in [7, 11) is 0. The van der Waals surface area contributed by atoms with Gasteiger partial charge in [0.25, 0.3) is 0 Å². The molecule has 3 nitrogen and oxygen atoms in total. The Morgan fingerprint density at radius 3 is 2.76 bits per heavy atom. The van der Waals surface area contributed by atoms with Gasteiger partial charge in [-0.1, -0.05) is 41.9 Å². The van der Waals surface area contributed by atoms with Gasteiger partial charge in [0, 0.05) is 38.1 Å². The molecule has 0 radical (unpaired) electrons. The standard InChI is InChI=1S/C17H21ClN2O/c18-17-15-5-2-1-4-14(15)6-7-16(17)21-13-3-10-20-11-8-19-9-12-20/h1-2,4-7,19H,3,8-13H2. The third-order valence-electron chi connectivity index (χ3n) is 3.91. The molecule has 2 aromatic carbocycles. The Morgan fingerprint density at radius 2 is 1.90 bits per heavy atom. The van der Waals surface area contributed by atoms with E-state index in [1.54, 1.807) is 0 Å². The number of ether oxygens (including phenoxy) is 1. The van der Waals surface area contributed by atoms with Gasteiger partial charge in [-0.3, -0.25) is 0 Å². The van der Waals surface area contributed by atoms with Crippen LogP contribution < -0.4 is 10.1 Å². The number of fused-ring (bicyclic) bond motifs is 1. The number of nitrogens with one attached hydrogen (secondary N) is 1. The van der Waals surface area contributed by atoms with Crippen molar-refractivity contribution < 1.29 is 4.74 Å². The van der Waals surface area contributed by atoms with Crippen molar-refractivity contribution in [2.24, 2.45) is 0 Å². The van der Waals surface area contributed by atoms with Crippen LogP contribution in [0.3, 0.4) is 0 Å². The van der Waals surface area contributed by atoms with Crippen molar-refractivity contribution in [1.82, 2.24) is 10.2 Å². The van der Waals surface area contributed by atoms with Gasteiger partial charge in [0.15, 0.2) is 0 Å². The fourth-order valence-corrected chi connectivity index (χ4v) is 3.02. The van der Waals surface area contributed by atoms with E-state index in [9.17, 15) is 0 Å². The second-order valence-corrected chi connectivity index (χ2v) is 5.77. The Labute approximate surface area is 130 Å². The van der Waals surface area contributed by atoms with Gasteiger partial charge in [0.2, 0.25) is 0 Å². The van der Waals surface area contributed by atoms with Crippen molar-refractivity contribution in [2.75, 3.05) is 39.3 Å². The molecule has 112 valence electrons. The predicted molar refractivity (Wildman–Crippen MR) is 88.4 cm³/mol. The molecule has 0 aromatic heterocycles. The first-order valence-corrected chi connectivity index (χ1v) is 7.95. The lowest BCUT2D eigenvalue weighted by molar-refractivity contribution is 0.214. The summed E-state index contributed by atoms with van der Waals surface area (Å²) in [6.07, 6.45) is 1.03. The van der Waals surface area contributed by atoms with Crippen LogP contribution in [0, 0.1) is 0 Å². The fraction of sp³-hybridized carbons (Fsp3) is 0.412. The van der Waals surface area contributed by atoms with Gasteiger partial charge in [-0.2, -0.15) is 0 Å². The van der Waals surface area contributed by atoms with Crippen molar-refractivity contribution in [3.05, 3.63) is 41.4 Å². The first-order valence-electron chi connectivity index (χ1n) is 7.58. The zero-order valence-electron chi connectivity index (χ0n) is 12.1. The van der Waals surface area contributed by atoms with Crippen molar-refractivity contribution in [1.29, 1.82) is 0 Å². The lowest BCUT2D eigenvalue weighted by Gasteiger charge is -2.27. The highest BCUT2D eigenvalue weighted by Gasteiger charge is 2.09. The third kappa shape index (κ3) is 3.67. The molecule has 0 saturated carbocycles. The second kappa shape index (κ2) is 7.12. The van der Waals surface area contributed by atoms with Crippen LogP contribution in [-0.2, 0) is 0 Å². The third-order valence-corrected chi connectivity index (χ3v) is 4.30. The van der Waals surface area contributed by atoms with Gasteiger partial charge in [-0.05, 0) is 17.9 Å². The number of nitrogens with zero attached hydrogens (tertiary/aromatic N) is 1. The molecule has 0 unspecified atom stereocenters. The molecule has 0 spiro atoms. The second-order valence-electron chi connectivity index (χ2n) is 5.39. The molecule has 3 rings (SSSR count). The molecule has 2 aromatic rings. The predicted octanol–water partition coefficient (Wildman–Crippen LogP) is 3.17. The molecule has 1 aliphatic rings. The molecule has 4 heteroatoms. The van der Waals surface area contributed by atoms with Crippen LogP contribution >= 0.6 is 11.6 Å². The number of hydrogen-bond acceptors (Lipinski definition) is 3. The Balaban J connectivity index is 1.54. The minimum absolute atomic E-state index is 0.710. The van der Waals surface area contributed by atoms with Crippen LogP contribution in [0.25, 0.3) is 10.8 Å². The molecule has 0 aliphatic carbocycles. The summed E-state index contributed by atoms with van der Waals surface area (Å²) in [6, 6.07) is 12.2. The number of benzene rings is 2. The van der Waals surface area contributed by atoms with Crippen LogP contribution in [0.4, 0.5) is 0 Å². The smallest absolute Gasteiger partial charge is 0.138 e. The monoisotopic (exact) mass is 304 g/mol. The maximum atomic E-state index is 6.43. The first kappa shape index (κ1) is 14.6. The largest absolute Gasteiger partial charge is 0.492 e. The summed E-state index contributed by atoms with van der Waals surface area (Å²) in [5, 5.41) is 6.29. The number of rotatable bonds is 5. The molecule has 1 N–H and O–H groups in total. The Morgan fingerprint density at radius 1 is 1.10 bits per heavy atom. The average Bonchev–Trinajstić information content (AvgIpc) is 2.55. The normalized spacial score (nSPS) is 16.2. The van der Waals surface area contributed by atoms with Crippen molar-refractivity contribution in [2.45, 2.75) is 6.42 Å². The van der Waals surface area contributed by atoms with Crippen molar-refractivity contribution >= 4 is 22.4 Å². The quantitative estimate of drug-likeness (QED) is 0.859. The highest BCUT2D eigenvalue weighted by Crippen LogP contribution is 2.32. The van der Waals surface area contributed by atoms with Gasteiger partial charge in [0.1, 0.15) is 5.75 Å². The fourth-order valence-electron chi connectivity index (χ4n) is 2.73. The molecule has 1 saturated heterocycles. The molecule has 1 heterocycles. The van der Waals surface area contributed by atoms with E-state index in [2.05, 4.69) is 22.3 Å². The summed E-state index contributed by atoms with van der Waals surface area (Å²) < 4.78 is 5.86. The highest BCUT2D eigenvalue weighted by molar-refractivity contribution is 6.37. The topological polar surface area (TPSA) is 24.5 Å². The van der Waals surface area contributed by atoms with E-state index in [1.165, 1.54) is 0 Å². The highest BCUT2D eigenvalue weighted by atomic mass is 35.5. The molecule has 21 heavy (non-hydrogen) atoms. The minimum Gasteiger partial charge on any atom is -0.492 e. The SMILES string of the molecule is Clc1c(OCCCN2CCNCC2)ccc2ccccc12. The molecular weight excluding hydrogens is 284 g/mol. The summed E-state index contributed by atoms with van der Waals surface area (Å²) in [4.78, 5) is 2.47. The number of piperazine rings is 1. The first-order chi connectivity index (χ1) is 10.3. The number of hydrogen-bond donors (Lipinski definition) is 1. The van der Waals surface area contributed by atoms with Crippen LogP contribution in [0.1, 0.15) is 6.42 Å². The Hall–Kier alpha value is -1.29. The van der Waals surface area contributed by atoms with E-state index in [-0.39, 0.29) is 0 Å². The van der Waals surface area contributed by atoms with E-state index in [0.717, 1.165) is 60.7 Å². The van der Waals surface area contributed by atoms with Gasteiger partial charge in [0.05, 0.1) is 11.6 Å². The minimum atomic E-state index is 0.710. The molecule has 0 amide bonds. The van der Waals surface area contributed by atoms with Crippen LogP contribution in [0.15, 0.2) is 36.4 Å². The van der Waals surface area contributed by atoms with E-state index < -0.39 is 0 Å². The van der Waals surface area contributed by atoms with Crippen LogP contribution in [-0.4, -0.2) is 44.2 Å². The van der Waals surface area contributed by atoms with Crippen LogP contribution in [0.5, 0.6) is 5.75 Å².